The third kappa shape index (κ3) is 5.04. The van der Waals surface area contributed by atoms with E-state index in [0.29, 0.717) is 0 Å². The molecule has 1 atom stereocenters. The molecule has 0 aliphatic carbocycles. The second kappa shape index (κ2) is 7.33. The fraction of sp³-hybridized carbons (Fsp3) is 1.00. The smallest absolute Gasteiger partial charge is 0.394 e. The highest BCUT2D eigenvalue weighted by Gasteiger charge is 2.34. The van der Waals surface area contributed by atoms with Crippen LogP contribution in [0, 0.1) is 0 Å². The van der Waals surface area contributed by atoms with E-state index in [9.17, 15) is 0 Å². The third-order valence-corrected chi connectivity index (χ3v) is 4.70. The second-order valence-corrected chi connectivity index (χ2v) is 6.08. The van der Waals surface area contributed by atoms with Crippen LogP contribution < -0.4 is 0 Å². The first kappa shape index (κ1) is 14.0. The van der Waals surface area contributed by atoms with Crippen molar-refractivity contribution in [3.05, 3.63) is 0 Å². The molecule has 1 unspecified atom stereocenters. The van der Waals surface area contributed by atoms with Gasteiger partial charge in [-0.3, -0.25) is 0 Å². The highest BCUT2D eigenvalue weighted by molar-refractivity contribution is 6.60. The van der Waals surface area contributed by atoms with E-state index < -0.39 is 8.80 Å². The lowest BCUT2D eigenvalue weighted by Crippen LogP contribution is -2.41. The number of aliphatic hydroxyl groups is 1. The van der Waals surface area contributed by atoms with E-state index in [1.54, 1.807) is 21.3 Å². The Morgan fingerprint density at radius 1 is 1.29 bits per heavy atom. The summed E-state index contributed by atoms with van der Waals surface area (Å²) in [5.41, 5.74) is 0. The maximum atomic E-state index is 8.08. The molecule has 1 fully saturated rings. The molecule has 0 radical (unpaired) electrons. The Morgan fingerprint density at radius 3 is 1.71 bits per heavy atom. The summed E-state index contributed by atoms with van der Waals surface area (Å²) in [4.78, 5) is 0. The second-order valence-electron chi connectivity index (χ2n) is 2.79. The minimum absolute atomic E-state index is 0.190. The molecule has 0 spiro atoms. The van der Waals surface area contributed by atoms with Gasteiger partial charge in [0.1, 0.15) is 6.10 Å². The van der Waals surface area contributed by atoms with Gasteiger partial charge in [0.2, 0.25) is 0 Å². The molecule has 0 saturated carbocycles. The molecule has 1 saturated heterocycles. The van der Waals surface area contributed by atoms with Gasteiger partial charge < -0.3 is 23.1 Å². The first-order valence-corrected chi connectivity index (χ1v) is 6.49. The van der Waals surface area contributed by atoms with E-state index in [4.69, 9.17) is 18.4 Å². The summed E-state index contributed by atoms with van der Waals surface area (Å²) in [7, 11) is 2.65. The van der Waals surface area contributed by atoms with Crippen molar-refractivity contribution >= 4 is 8.80 Å². The fourth-order valence-electron chi connectivity index (χ4n) is 0.856. The summed E-state index contributed by atoms with van der Waals surface area (Å²) in [5.74, 6) is 0. The SMILES string of the molecule is CC[Si](OC)(OC)OC.OCC1CO1. The molecule has 0 bridgehead atoms. The summed E-state index contributed by atoms with van der Waals surface area (Å²) >= 11 is 0. The van der Waals surface area contributed by atoms with Crippen molar-refractivity contribution in [2.75, 3.05) is 34.5 Å². The lowest BCUT2D eigenvalue weighted by molar-refractivity contribution is 0.125. The number of hydrogen-bond acceptors (Lipinski definition) is 5. The molecular formula is C8H20O5Si. The molecule has 5 nitrogen and oxygen atoms in total. The molecule has 0 amide bonds. The van der Waals surface area contributed by atoms with Crippen LogP contribution in [0.1, 0.15) is 6.92 Å². The van der Waals surface area contributed by atoms with Crippen LogP contribution in [-0.2, 0) is 18.0 Å². The molecule has 1 aliphatic heterocycles. The van der Waals surface area contributed by atoms with Crippen molar-refractivity contribution in [3.63, 3.8) is 0 Å². The lowest BCUT2D eigenvalue weighted by Gasteiger charge is -2.22. The van der Waals surface area contributed by atoms with E-state index >= 15 is 0 Å². The van der Waals surface area contributed by atoms with Gasteiger partial charge in [0.25, 0.3) is 0 Å². The van der Waals surface area contributed by atoms with Crippen LogP contribution in [0.3, 0.4) is 0 Å². The molecular weight excluding hydrogens is 204 g/mol. The van der Waals surface area contributed by atoms with Crippen LogP contribution in [-0.4, -0.2) is 54.6 Å². The molecule has 1 heterocycles. The van der Waals surface area contributed by atoms with Crippen molar-refractivity contribution in [2.45, 2.75) is 19.1 Å². The zero-order chi connectivity index (χ0) is 11.0. The van der Waals surface area contributed by atoms with Gasteiger partial charge in [0, 0.05) is 27.4 Å². The first-order chi connectivity index (χ1) is 6.67. The summed E-state index contributed by atoms with van der Waals surface area (Å²) in [6.07, 6.45) is 0.190. The normalized spacial score (nSPS) is 19.9. The van der Waals surface area contributed by atoms with E-state index in [-0.39, 0.29) is 12.7 Å². The maximum Gasteiger partial charge on any atom is 0.499 e. The zero-order valence-electron chi connectivity index (χ0n) is 9.28. The zero-order valence-corrected chi connectivity index (χ0v) is 10.3. The Kier molecular flexibility index (Phi) is 7.34. The average molecular weight is 224 g/mol. The molecule has 1 rings (SSSR count). The third-order valence-electron chi connectivity index (χ3n) is 1.97. The largest absolute Gasteiger partial charge is 0.499 e. The molecule has 0 aromatic heterocycles. The standard InChI is InChI=1S/C5H14O3Si.C3H6O2/c1-5-9(6-2,7-3)8-4;4-1-3-2-5-3/h5H2,1-4H3;3-4H,1-2H2. The van der Waals surface area contributed by atoms with Gasteiger partial charge in [-0.05, 0) is 0 Å². The van der Waals surface area contributed by atoms with Crippen molar-refractivity contribution in [3.8, 4) is 0 Å². The number of aliphatic hydroxyl groups excluding tert-OH is 1. The van der Waals surface area contributed by atoms with Crippen molar-refractivity contribution in [2.24, 2.45) is 0 Å². The first-order valence-electron chi connectivity index (χ1n) is 4.55. The van der Waals surface area contributed by atoms with E-state index in [1.165, 1.54) is 0 Å². The van der Waals surface area contributed by atoms with Crippen LogP contribution in [0.15, 0.2) is 0 Å². The lowest BCUT2D eigenvalue weighted by atomic mass is 10.5. The van der Waals surface area contributed by atoms with Gasteiger partial charge in [0.15, 0.2) is 0 Å². The van der Waals surface area contributed by atoms with Gasteiger partial charge in [-0.2, -0.15) is 0 Å². The number of rotatable bonds is 5. The fourth-order valence-corrected chi connectivity index (χ4v) is 2.22. The molecule has 1 N–H and O–H groups in total. The van der Waals surface area contributed by atoms with E-state index in [0.717, 1.165) is 12.7 Å². The van der Waals surface area contributed by atoms with E-state index in [2.05, 4.69) is 4.74 Å². The van der Waals surface area contributed by atoms with Gasteiger partial charge in [-0.1, -0.05) is 6.92 Å². The Morgan fingerprint density at radius 2 is 1.71 bits per heavy atom. The van der Waals surface area contributed by atoms with E-state index in [1.807, 2.05) is 6.92 Å². The Labute approximate surface area is 86.3 Å². The number of hydrogen-bond donors (Lipinski definition) is 1. The van der Waals surface area contributed by atoms with Gasteiger partial charge >= 0.3 is 8.80 Å². The predicted molar refractivity (Wildman–Crippen MR) is 54.1 cm³/mol. The highest BCUT2D eigenvalue weighted by atomic mass is 28.4. The van der Waals surface area contributed by atoms with Gasteiger partial charge in [-0.25, -0.2) is 0 Å². The summed E-state index contributed by atoms with van der Waals surface area (Å²) in [6.45, 7) is 2.94. The Balaban J connectivity index is 0.000000280. The van der Waals surface area contributed by atoms with Crippen LogP contribution in [0.5, 0.6) is 0 Å². The Hall–Kier alpha value is 0.0169. The number of epoxide rings is 1. The molecule has 86 valence electrons. The van der Waals surface area contributed by atoms with Crippen molar-refractivity contribution < 1.29 is 23.1 Å². The summed E-state index contributed by atoms with van der Waals surface area (Å²) in [5, 5.41) is 8.08. The monoisotopic (exact) mass is 224 g/mol. The molecule has 0 aromatic carbocycles. The van der Waals surface area contributed by atoms with Crippen molar-refractivity contribution in [1.29, 1.82) is 0 Å². The minimum atomic E-state index is -2.19. The maximum absolute atomic E-state index is 8.08. The molecule has 14 heavy (non-hydrogen) atoms. The van der Waals surface area contributed by atoms with Gasteiger partial charge in [0.05, 0.1) is 13.2 Å². The quantitative estimate of drug-likeness (QED) is 0.536. The predicted octanol–water partition coefficient (Wildman–Crippen LogP) is 0.262. The average Bonchev–Trinajstić information content (AvgIpc) is 3.06. The van der Waals surface area contributed by atoms with Crippen LogP contribution in [0.4, 0.5) is 0 Å². The van der Waals surface area contributed by atoms with Gasteiger partial charge in [-0.15, -0.1) is 0 Å². The summed E-state index contributed by atoms with van der Waals surface area (Å²) in [6, 6.07) is 0.816. The Bertz CT molecular complexity index is 118. The van der Waals surface area contributed by atoms with Crippen LogP contribution >= 0.6 is 0 Å². The number of ether oxygens (including phenoxy) is 1. The highest BCUT2D eigenvalue weighted by Crippen LogP contribution is 2.10. The molecule has 1 aliphatic rings. The molecule has 0 aromatic rings. The van der Waals surface area contributed by atoms with Crippen LogP contribution in [0.2, 0.25) is 6.04 Å². The summed E-state index contributed by atoms with van der Waals surface area (Å²) < 4.78 is 19.8. The molecule has 6 heteroatoms. The minimum Gasteiger partial charge on any atom is -0.394 e. The van der Waals surface area contributed by atoms with Crippen molar-refractivity contribution in [1.82, 2.24) is 0 Å². The van der Waals surface area contributed by atoms with Crippen LogP contribution in [0.25, 0.3) is 0 Å². The topological polar surface area (TPSA) is 60.5 Å².